The molecule has 0 saturated carbocycles. The van der Waals surface area contributed by atoms with Crippen LogP contribution in [0.2, 0.25) is 0 Å². The van der Waals surface area contributed by atoms with E-state index in [1.807, 2.05) is 25.1 Å². The Morgan fingerprint density at radius 2 is 2.18 bits per heavy atom. The number of nitrogens with two attached hydrogens (primary N) is 1. The van der Waals surface area contributed by atoms with Crippen molar-refractivity contribution in [3.8, 4) is 5.75 Å². The molecule has 4 heteroatoms. The lowest BCUT2D eigenvalue weighted by atomic mass is 10.1. The van der Waals surface area contributed by atoms with Crippen LogP contribution in [0.1, 0.15) is 28.8 Å². The number of unbranched alkanes of at least 4 members (excludes halogenated alkanes) is 1. The van der Waals surface area contributed by atoms with Crippen molar-refractivity contribution >= 4 is 5.91 Å². The maximum atomic E-state index is 11.9. The number of aryl methyl sites for hydroxylation is 1. The summed E-state index contributed by atoms with van der Waals surface area (Å²) in [6.07, 6.45) is 1.82. The molecule has 4 nitrogen and oxygen atoms in total. The zero-order valence-electron chi connectivity index (χ0n) is 10.5. The Morgan fingerprint density at radius 3 is 2.82 bits per heavy atom. The molecular weight excluding hydrogens is 216 g/mol. The quantitative estimate of drug-likeness (QED) is 0.735. The molecule has 0 unspecified atom stereocenters. The lowest BCUT2D eigenvalue weighted by Crippen LogP contribution is -2.25. The maximum Gasteiger partial charge on any atom is 0.255 e. The second-order valence-corrected chi connectivity index (χ2v) is 3.96. The minimum absolute atomic E-state index is 0.0948. The average molecular weight is 236 g/mol. The molecular formula is C13H20N2O2. The maximum absolute atomic E-state index is 11.9. The van der Waals surface area contributed by atoms with Crippen LogP contribution in [0, 0.1) is 6.92 Å². The number of benzene rings is 1. The van der Waals surface area contributed by atoms with E-state index in [-0.39, 0.29) is 5.91 Å². The normalized spacial score (nSPS) is 10.1. The Bertz CT molecular complexity index is 378. The summed E-state index contributed by atoms with van der Waals surface area (Å²) < 4.78 is 5.17. The van der Waals surface area contributed by atoms with Crippen LogP contribution in [0.5, 0.6) is 5.75 Å². The summed E-state index contributed by atoms with van der Waals surface area (Å²) in [5.41, 5.74) is 7.01. The fourth-order valence-electron chi connectivity index (χ4n) is 1.57. The molecule has 0 fully saturated rings. The number of carbonyl (C=O) groups excluding carboxylic acids is 1. The molecule has 0 aromatic heterocycles. The number of carbonyl (C=O) groups is 1. The van der Waals surface area contributed by atoms with Gasteiger partial charge in [-0.05, 0) is 38.4 Å². The van der Waals surface area contributed by atoms with E-state index >= 15 is 0 Å². The Balaban J connectivity index is 2.64. The fourth-order valence-corrected chi connectivity index (χ4v) is 1.57. The average Bonchev–Trinajstić information content (AvgIpc) is 2.34. The van der Waals surface area contributed by atoms with Gasteiger partial charge >= 0.3 is 0 Å². The number of hydrogen-bond donors (Lipinski definition) is 2. The van der Waals surface area contributed by atoms with Crippen LogP contribution < -0.4 is 15.8 Å². The van der Waals surface area contributed by atoms with Crippen molar-refractivity contribution in [3.63, 3.8) is 0 Å². The van der Waals surface area contributed by atoms with E-state index in [2.05, 4.69) is 5.32 Å². The summed E-state index contributed by atoms with van der Waals surface area (Å²) in [5, 5.41) is 2.86. The molecule has 1 aromatic carbocycles. The zero-order valence-corrected chi connectivity index (χ0v) is 10.5. The van der Waals surface area contributed by atoms with Gasteiger partial charge in [0.1, 0.15) is 5.75 Å². The number of amides is 1. The van der Waals surface area contributed by atoms with E-state index in [0.29, 0.717) is 24.4 Å². The second-order valence-electron chi connectivity index (χ2n) is 3.96. The van der Waals surface area contributed by atoms with Gasteiger partial charge in [0, 0.05) is 6.54 Å². The lowest BCUT2D eigenvalue weighted by molar-refractivity contribution is 0.0950. The van der Waals surface area contributed by atoms with Gasteiger partial charge in [0.25, 0.3) is 5.91 Å². The first-order valence-corrected chi connectivity index (χ1v) is 5.82. The molecule has 0 saturated heterocycles. The molecule has 0 aliphatic rings. The molecule has 0 bridgehead atoms. The van der Waals surface area contributed by atoms with Crippen LogP contribution in [0.4, 0.5) is 0 Å². The van der Waals surface area contributed by atoms with Gasteiger partial charge in [-0.2, -0.15) is 0 Å². The molecule has 1 amide bonds. The topological polar surface area (TPSA) is 64.3 Å². The van der Waals surface area contributed by atoms with Gasteiger partial charge in [-0.15, -0.1) is 0 Å². The van der Waals surface area contributed by atoms with Gasteiger partial charge in [0.05, 0.1) is 12.7 Å². The number of nitrogens with one attached hydrogen (secondary N) is 1. The van der Waals surface area contributed by atoms with Crippen molar-refractivity contribution in [1.82, 2.24) is 5.32 Å². The van der Waals surface area contributed by atoms with Crippen molar-refractivity contribution in [2.45, 2.75) is 19.8 Å². The third kappa shape index (κ3) is 4.07. The van der Waals surface area contributed by atoms with E-state index < -0.39 is 0 Å². The predicted molar refractivity (Wildman–Crippen MR) is 68.4 cm³/mol. The third-order valence-corrected chi connectivity index (χ3v) is 2.52. The molecule has 0 heterocycles. The van der Waals surface area contributed by atoms with Gasteiger partial charge in [-0.3, -0.25) is 4.79 Å². The Hall–Kier alpha value is -1.55. The fraction of sp³-hybridized carbons (Fsp3) is 0.462. The van der Waals surface area contributed by atoms with Crippen molar-refractivity contribution in [3.05, 3.63) is 29.3 Å². The summed E-state index contributed by atoms with van der Waals surface area (Å²) in [7, 11) is 1.57. The first-order chi connectivity index (χ1) is 8.19. The molecule has 0 atom stereocenters. The molecule has 17 heavy (non-hydrogen) atoms. The summed E-state index contributed by atoms with van der Waals surface area (Å²) in [6, 6.07) is 5.56. The van der Waals surface area contributed by atoms with E-state index in [0.717, 1.165) is 18.4 Å². The van der Waals surface area contributed by atoms with Crippen molar-refractivity contribution in [1.29, 1.82) is 0 Å². The van der Waals surface area contributed by atoms with Crippen LogP contribution in [0.3, 0.4) is 0 Å². The van der Waals surface area contributed by atoms with Crippen LogP contribution in [-0.2, 0) is 0 Å². The third-order valence-electron chi connectivity index (χ3n) is 2.52. The molecule has 94 valence electrons. The smallest absolute Gasteiger partial charge is 0.255 e. The highest BCUT2D eigenvalue weighted by molar-refractivity contribution is 5.97. The lowest BCUT2D eigenvalue weighted by Gasteiger charge is -2.09. The molecule has 1 aromatic rings. The van der Waals surface area contributed by atoms with Gasteiger partial charge in [0.15, 0.2) is 0 Å². The number of ether oxygens (including phenoxy) is 1. The molecule has 0 spiro atoms. The Labute approximate surface area is 102 Å². The van der Waals surface area contributed by atoms with Crippen molar-refractivity contribution in [2.24, 2.45) is 5.73 Å². The summed E-state index contributed by atoms with van der Waals surface area (Å²) in [6.45, 7) is 3.25. The number of hydrogen-bond acceptors (Lipinski definition) is 3. The van der Waals surface area contributed by atoms with Gasteiger partial charge in [-0.25, -0.2) is 0 Å². The zero-order chi connectivity index (χ0) is 12.7. The SMILES string of the molecule is COc1ccc(C)cc1C(=O)NCCCCN. The Morgan fingerprint density at radius 1 is 1.41 bits per heavy atom. The van der Waals surface area contributed by atoms with Crippen molar-refractivity contribution in [2.75, 3.05) is 20.2 Å². The van der Waals surface area contributed by atoms with E-state index in [1.165, 1.54) is 0 Å². The second kappa shape index (κ2) is 6.91. The van der Waals surface area contributed by atoms with E-state index in [9.17, 15) is 4.79 Å². The van der Waals surface area contributed by atoms with Gasteiger partial charge < -0.3 is 15.8 Å². The first kappa shape index (κ1) is 13.5. The van der Waals surface area contributed by atoms with Crippen LogP contribution >= 0.6 is 0 Å². The molecule has 0 aliphatic heterocycles. The highest BCUT2D eigenvalue weighted by Crippen LogP contribution is 2.19. The summed E-state index contributed by atoms with van der Waals surface area (Å²) in [5.74, 6) is 0.509. The highest BCUT2D eigenvalue weighted by Gasteiger charge is 2.11. The van der Waals surface area contributed by atoms with Gasteiger partial charge in [0.2, 0.25) is 0 Å². The predicted octanol–water partition coefficient (Wildman–Crippen LogP) is 1.47. The molecule has 0 aliphatic carbocycles. The molecule has 3 N–H and O–H groups in total. The van der Waals surface area contributed by atoms with Gasteiger partial charge in [-0.1, -0.05) is 11.6 Å². The monoisotopic (exact) mass is 236 g/mol. The van der Waals surface area contributed by atoms with Crippen molar-refractivity contribution < 1.29 is 9.53 Å². The summed E-state index contributed by atoms with van der Waals surface area (Å²) >= 11 is 0. The number of rotatable bonds is 6. The number of methoxy groups -OCH3 is 1. The molecule has 0 radical (unpaired) electrons. The minimum Gasteiger partial charge on any atom is -0.496 e. The van der Waals surface area contributed by atoms with Crippen LogP contribution in [-0.4, -0.2) is 26.1 Å². The molecule has 1 rings (SSSR count). The largest absolute Gasteiger partial charge is 0.496 e. The highest BCUT2D eigenvalue weighted by atomic mass is 16.5. The minimum atomic E-state index is -0.0948. The van der Waals surface area contributed by atoms with Crippen LogP contribution in [0.15, 0.2) is 18.2 Å². The Kier molecular flexibility index (Phi) is 5.49. The van der Waals surface area contributed by atoms with E-state index in [1.54, 1.807) is 7.11 Å². The first-order valence-electron chi connectivity index (χ1n) is 5.82. The summed E-state index contributed by atoms with van der Waals surface area (Å²) in [4.78, 5) is 11.9. The standard InChI is InChI=1S/C13H20N2O2/c1-10-5-6-12(17-2)11(9-10)13(16)15-8-4-3-7-14/h5-6,9H,3-4,7-8,14H2,1-2H3,(H,15,16). The van der Waals surface area contributed by atoms with E-state index in [4.69, 9.17) is 10.5 Å². The van der Waals surface area contributed by atoms with Crippen LogP contribution in [0.25, 0.3) is 0 Å².